The van der Waals surface area contributed by atoms with Crippen molar-refractivity contribution in [3.05, 3.63) is 69.7 Å². The van der Waals surface area contributed by atoms with Gasteiger partial charge in [-0.2, -0.15) is 0 Å². The molecule has 0 saturated carbocycles. The van der Waals surface area contributed by atoms with Gasteiger partial charge in [-0.3, -0.25) is 9.69 Å². The summed E-state index contributed by atoms with van der Waals surface area (Å²) in [5.74, 6) is 0.0664. The van der Waals surface area contributed by atoms with E-state index in [2.05, 4.69) is 17.9 Å². The Balaban J connectivity index is 1.62. The number of nitrogens with zero attached hydrogens (tertiary/aromatic N) is 2. The molecule has 126 valence electrons. The maximum Gasteiger partial charge on any atom is 0.253 e. The molecule has 0 N–H and O–H groups in total. The van der Waals surface area contributed by atoms with E-state index in [9.17, 15) is 4.79 Å². The molecule has 1 aliphatic rings. The number of carbonyl (C=O) groups excluding carboxylic acids is 1. The van der Waals surface area contributed by atoms with E-state index < -0.39 is 0 Å². The van der Waals surface area contributed by atoms with Crippen molar-refractivity contribution in [3.63, 3.8) is 0 Å². The van der Waals surface area contributed by atoms with Crippen LogP contribution in [0, 0.1) is 0 Å². The van der Waals surface area contributed by atoms with Gasteiger partial charge in [-0.15, -0.1) is 0 Å². The Morgan fingerprint density at radius 3 is 2.21 bits per heavy atom. The molecule has 24 heavy (non-hydrogen) atoms. The lowest BCUT2D eigenvalue weighted by Gasteiger charge is -2.38. The lowest BCUT2D eigenvalue weighted by atomic mass is 10.1. The van der Waals surface area contributed by atoms with Crippen molar-refractivity contribution >= 4 is 29.1 Å². The molecule has 5 heteroatoms. The summed E-state index contributed by atoms with van der Waals surface area (Å²) < 4.78 is 0. The normalized spacial score (nSPS) is 16.9. The lowest BCUT2D eigenvalue weighted by molar-refractivity contribution is 0.0582. The average Bonchev–Trinajstić information content (AvgIpc) is 2.62. The van der Waals surface area contributed by atoms with Gasteiger partial charge in [0.15, 0.2) is 0 Å². The molecule has 1 aliphatic heterocycles. The molecule has 1 amide bonds. The summed E-state index contributed by atoms with van der Waals surface area (Å²) in [6.07, 6.45) is 0. The van der Waals surface area contributed by atoms with Crippen LogP contribution in [0.15, 0.2) is 48.5 Å². The number of carbonyl (C=O) groups is 1. The number of halogens is 2. The average molecular weight is 363 g/mol. The molecule has 1 fully saturated rings. The van der Waals surface area contributed by atoms with Crippen LogP contribution in [0.2, 0.25) is 10.0 Å². The minimum atomic E-state index is 0.0664. The minimum Gasteiger partial charge on any atom is -0.336 e. The van der Waals surface area contributed by atoms with Crippen molar-refractivity contribution in [1.82, 2.24) is 9.80 Å². The first kappa shape index (κ1) is 17.3. The summed E-state index contributed by atoms with van der Waals surface area (Å²) in [7, 11) is 0. The van der Waals surface area contributed by atoms with Crippen LogP contribution in [-0.4, -0.2) is 41.9 Å². The van der Waals surface area contributed by atoms with Crippen LogP contribution in [0.4, 0.5) is 0 Å². The first-order valence-electron chi connectivity index (χ1n) is 8.09. The van der Waals surface area contributed by atoms with Gasteiger partial charge in [0, 0.05) is 47.8 Å². The van der Waals surface area contributed by atoms with E-state index in [0.717, 1.165) is 36.8 Å². The van der Waals surface area contributed by atoms with E-state index >= 15 is 0 Å². The van der Waals surface area contributed by atoms with Gasteiger partial charge in [-0.25, -0.2) is 0 Å². The standard InChI is InChI=1S/C19H20Cl2N2O/c1-14(17-4-2-3-5-18(17)21)22-10-12-23(13-11-22)19(24)15-6-8-16(20)9-7-15/h2-9,14H,10-13H2,1H3. The number of hydrogen-bond acceptors (Lipinski definition) is 2. The summed E-state index contributed by atoms with van der Waals surface area (Å²) in [4.78, 5) is 16.8. The second-order valence-corrected chi connectivity index (χ2v) is 6.88. The van der Waals surface area contributed by atoms with Gasteiger partial charge in [0.1, 0.15) is 0 Å². The van der Waals surface area contributed by atoms with E-state index in [-0.39, 0.29) is 11.9 Å². The predicted molar refractivity (Wildman–Crippen MR) is 98.8 cm³/mol. The largest absolute Gasteiger partial charge is 0.336 e. The number of rotatable bonds is 3. The molecule has 3 nitrogen and oxygen atoms in total. The molecule has 1 atom stereocenters. The van der Waals surface area contributed by atoms with Gasteiger partial charge in [0.2, 0.25) is 0 Å². The molecule has 0 spiro atoms. The molecule has 0 aromatic heterocycles. The van der Waals surface area contributed by atoms with Crippen LogP contribution in [0.5, 0.6) is 0 Å². The predicted octanol–water partition coefficient (Wildman–Crippen LogP) is 4.51. The highest BCUT2D eigenvalue weighted by atomic mass is 35.5. The first-order chi connectivity index (χ1) is 11.6. The highest BCUT2D eigenvalue weighted by Crippen LogP contribution is 2.28. The van der Waals surface area contributed by atoms with Crippen molar-refractivity contribution in [2.75, 3.05) is 26.2 Å². The third-order valence-electron chi connectivity index (χ3n) is 4.60. The fraction of sp³-hybridized carbons (Fsp3) is 0.316. The zero-order chi connectivity index (χ0) is 17.1. The molecule has 2 aromatic rings. The van der Waals surface area contributed by atoms with Crippen molar-refractivity contribution in [2.24, 2.45) is 0 Å². The Hall–Kier alpha value is -1.55. The van der Waals surface area contributed by atoms with Crippen molar-refractivity contribution < 1.29 is 4.79 Å². The van der Waals surface area contributed by atoms with Crippen molar-refractivity contribution in [2.45, 2.75) is 13.0 Å². The molecule has 2 aromatic carbocycles. The number of piperazine rings is 1. The van der Waals surface area contributed by atoms with E-state index in [1.165, 1.54) is 0 Å². The van der Waals surface area contributed by atoms with Gasteiger partial charge in [0.05, 0.1) is 0 Å². The second kappa shape index (κ2) is 7.56. The van der Waals surface area contributed by atoms with E-state index in [0.29, 0.717) is 10.6 Å². The number of amides is 1. The van der Waals surface area contributed by atoms with Gasteiger partial charge in [-0.05, 0) is 42.8 Å². The minimum absolute atomic E-state index is 0.0664. The Bertz CT molecular complexity index is 710. The van der Waals surface area contributed by atoms with Crippen LogP contribution in [0.3, 0.4) is 0 Å². The molecule has 0 bridgehead atoms. The van der Waals surface area contributed by atoms with Crippen molar-refractivity contribution in [1.29, 1.82) is 0 Å². The zero-order valence-corrected chi connectivity index (χ0v) is 15.1. The zero-order valence-electron chi connectivity index (χ0n) is 13.6. The van der Waals surface area contributed by atoms with Crippen LogP contribution >= 0.6 is 23.2 Å². The quantitative estimate of drug-likeness (QED) is 0.801. The lowest BCUT2D eigenvalue weighted by Crippen LogP contribution is -2.49. The van der Waals surface area contributed by atoms with Gasteiger partial charge < -0.3 is 4.90 Å². The van der Waals surface area contributed by atoms with E-state index in [4.69, 9.17) is 23.2 Å². The fourth-order valence-electron chi connectivity index (χ4n) is 3.10. The Morgan fingerprint density at radius 2 is 1.58 bits per heavy atom. The highest BCUT2D eigenvalue weighted by Gasteiger charge is 2.26. The second-order valence-electron chi connectivity index (χ2n) is 6.03. The third-order valence-corrected chi connectivity index (χ3v) is 5.19. The van der Waals surface area contributed by atoms with Gasteiger partial charge in [0.25, 0.3) is 5.91 Å². The molecule has 1 unspecified atom stereocenters. The summed E-state index contributed by atoms with van der Waals surface area (Å²) in [5, 5.41) is 1.44. The van der Waals surface area contributed by atoms with Crippen LogP contribution in [0.1, 0.15) is 28.9 Å². The molecule has 1 saturated heterocycles. The Labute approximate surface area is 152 Å². The SMILES string of the molecule is CC(c1ccccc1Cl)N1CCN(C(=O)c2ccc(Cl)cc2)CC1. The smallest absolute Gasteiger partial charge is 0.253 e. The summed E-state index contributed by atoms with van der Waals surface area (Å²) in [6.45, 7) is 5.28. The summed E-state index contributed by atoms with van der Waals surface area (Å²) >= 11 is 12.2. The van der Waals surface area contributed by atoms with Crippen LogP contribution < -0.4 is 0 Å². The van der Waals surface area contributed by atoms with Crippen molar-refractivity contribution in [3.8, 4) is 0 Å². The third kappa shape index (κ3) is 3.75. The summed E-state index contributed by atoms with van der Waals surface area (Å²) in [6, 6.07) is 15.3. The van der Waals surface area contributed by atoms with Crippen LogP contribution in [0.25, 0.3) is 0 Å². The first-order valence-corrected chi connectivity index (χ1v) is 8.85. The molecule has 1 heterocycles. The van der Waals surface area contributed by atoms with Gasteiger partial charge >= 0.3 is 0 Å². The fourth-order valence-corrected chi connectivity index (χ4v) is 3.52. The maximum atomic E-state index is 12.6. The highest BCUT2D eigenvalue weighted by molar-refractivity contribution is 6.31. The molecular weight excluding hydrogens is 343 g/mol. The van der Waals surface area contributed by atoms with Crippen LogP contribution in [-0.2, 0) is 0 Å². The van der Waals surface area contributed by atoms with Gasteiger partial charge in [-0.1, -0.05) is 41.4 Å². The number of hydrogen-bond donors (Lipinski definition) is 0. The molecule has 0 aliphatic carbocycles. The Morgan fingerprint density at radius 1 is 0.958 bits per heavy atom. The number of benzene rings is 2. The molecule has 3 rings (SSSR count). The summed E-state index contributed by atoms with van der Waals surface area (Å²) in [5.41, 5.74) is 1.82. The monoisotopic (exact) mass is 362 g/mol. The molecular formula is C19H20Cl2N2O. The topological polar surface area (TPSA) is 23.6 Å². The maximum absolute atomic E-state index is 12.6. The Kier molecular flexibility index (Phi) is 5.44. The molecule has 0 radical (unpaired) electrons. The van der Waals surface area contributed by atoms with E-state index in [1.807, 2.05) is 23.1 Å². The van der Waals surface area contributed by atoms with E-state index in [1.54, 1.807) is 24.3 Å².